The van der Waals surface area contributed by atoms with Gasteiger partial charge in [0.25, 0.3) is 0 Å². The monoisotopic (exact) mass is 717 g/mol. The summed E-state index contributed by atoms with van der Waals surface area (Å²) in [7, 11) is 0. The first kappa shape index (κ1) is 28.5. The number of fused-ring (bicyclic) bond motifs is 9. The van der Waals surface area contributed by atoms with Crippen molar-refractivity contribution >= 4 is 60.2 Å². The molecule has 11 rings (SSSR count). The topological polar surface area (TPSA) is 3.24 Å². The molecule has 1 aliphatic rings. The number of rotatable bonds is 5. The summed E-state index contributed by atoms with van der Waals surface area (Å²) in [5.74, 6) is 0. The van der Waals surface area contributed by atoms with Gasteiger partial charge >= 0.3 is 0 Å². The van der Waals surface area contributed by atoms with Crippen LogP contribution in [0.4, 0.5) is 17.1 Å². The maximum Gasteiger partial charge on any atom is 0.0645 e. The Morgan fingerprint density at radius 3 is 1.61 bits per heavy atom. The summed E-state index contributed by atoms with van der Waals surface area (Å²) < 4.78 is 40.5. The van der Waals surface area contributed by atoms with Gasteiger partial charge in [-0.3, -0.25) is 0 Å². The molecule has 10 aromatic rings. The first-order chi connectivity index (χ1) is 29.3. The van der Waals surface area contributed by atoms with Gasteiger partial charge in [-0.15, -0.1) is 0 Å². The van der Waals surface area contributed by atoms with Crippen LogP contribution in [0.15, 0.2) is 200 Å². The average molecular weight is 718 g/mol. The first-order valence-corrected chi connectivity index (χ1v) is 19.3. The van der Waals surface area contributed by atoms with Crippen molar-refractivity contribution in [3.8, 4) is 33.4 Å². The summed E-state index contributed by atoms with van der Waals surface area (Å²) in [6, 6.07) is 59.7. The van der Waals surface area contributed by atoms with Gasteiger partial charge in [-0.05, 0) is 101 Å². The van der Waals surface area contributed by atoms with Crippen LogP contribution in [0.2, 0.25) is 0 Å². The molecule has 1 nitrogen and oxygen atoms in total. The highest BCUT2D eigenvalue weighted by Gasteiger charge is 2.38. The Bertz CT molecular complexity index is 3380. The van der Waals surface area contributed by atoms with Crippen LogP contribution in [0.25, 0.3) is 76.5 Å². The van der Waals surface area contributed by atoms with Gasteiger partial charge in [-0.2, -0.15) is 0 Å². The van der Waals surface area contributed by atoms with Gasteiger partial charge in [-0.25, -0.2) is 0 Å². The molecular weight excluding hydrogens is 675 g/mol. The van der Waals surface area contributed by atoms with E-state index in [1.54, 1.807) is 0 Å². The normalized spacial score (nSPS) is 14.0. The van der Waals surface area contributed by atoms with Gasteiger partial charge in [0, 0.05) is 22.1 Å². The molecule has 56 heavy (non-hydrogen) atoms. The maximum absolute atomic E-state index is 10.2. The molecule has 1 aliphatic carbocycles. The summed E-state index contributed by atoms with van der Waals surface area (Å²) in [5, 5.41) is 8.05. The van der Waals surface area contributed by atoms with E-state index in [4.69, 9.17) is 0 Å². The second kappa shape index (κ2) is 12.5. The quantitative estimate of drug-likeness (QED) is 0.160. The van der Waals surface area contributed by atoms with Crippen LogP contribution in [-0.4, -0.2) is 0 Å². The molecule has 0 bridgehead atoms. The van der Waals surface area contributed by atoms with Gasteiger partial charge in [0.05, 0.1) is 16.9 Å². The average Bonchev–Trinajstić information content (AvgIpc) is 3.53. The fraction of sp³-hybridized carbons (Fsp3) is 0.0545. The van der Waals surface area contributed by atoms with Gasteiger partial charge in [0.1, 0.15) is 0 Å². The van der Waals surface area contributed by atoms with E-state index in [1.807, 2.05) is 71.6 Å². The van der Waals surface area contributed by atoms with Crippen molar-refractivity contribution in [2.24, 2.45) is 0 Å². The minimum Gasteiger partial charge on any atom is -0.309 e. The molecule has 0 aromatic heterocycles. The lowest BCUT2D eigenvalue weighted by molar-refractivity contribution is 0.660. The molecule has 0 N–H and O–H groups in total. The van der Waals surface area contributed by atoms with Gasteiger partial charge in [-0.1, -0.05) is 190 Å². The number of anilines is 3. The molecule has 264 valence electrons. The van der Waals surface area contributed by atoms with Crippen LogP contribution in [-0.2, 0) is 5.41 Å². The second-order valence-corrected chi connectivity index (χ2v) is 15.3. The molecule has 0 spiro atoms. The molecule has 10 aromatic carbocycles. The van der Waals surface area contributed by atoms with Crippen molar-refractivity contribution in [3.05, 3.63) is 211 Å². The smallest absolute Gasteiger partial charge is 0.0645 e. The molecule has 0 amide bonds. The molecule has 0 unspecified atom stereocenters. The third-order valence-electron chi connectivity index (χ3n) is 11.9. The predicted molar refractivity (Wildman–Crippen MR) is 240 cm³/mol. The van der Waals surface area contributed by atoms with Crippen molar-refractivity contribution in [3.63, 3.8) is 0 Å². The zero-order chi connectivity index (χ0) is 40.9. The third-order valence-corrected chi connectivity index (χ3v) is 11.9. The fourth-order valence-corrected chi connectivity index (χ4v) is 9.36. The number of nitrogens with zero attached hydrogens (tertiary/aromatic N) is 1. The summed E-state index contributed by atoms with van der Waals surface area (Å²) in [6.45, 7) is 4.50. The van der Waals surface area contributed by atoms with Crippen LogP contribution in [0.3, 0.4) is 0 Å². The van der Waals surface area contributed by atoms with Crippen LogP contribution in [0, 0.1) is 0 Å². The predicted octanol–water partition coefficient (Wildman–Crippen LogP) is 15.4. The Morgan fingerprint density at radius 2 is 0.911 bits per heavy atom. The Hall–Kier alpha value is -6.96. The van der Waals surface area contributed by atoms with Crippen molar-refractivity contribution in [2.45, 2.75) is 19.3 Å². The van der Waals surface area contributed by atoms with E-state index in [1.165, 1.54) is 5.56 Å². The van der Waals surface area contributed by atoms with Crippen LogP contribution < -0.4 is 4.90 Å². The lowest BCUT2D eigenvalue weighted by atomic mass is 9.82. The molecule has 0 radical (unpaired) electrons. The molecule has 0 heterocycles. The SMILES string of the molecule is [2H]c1c([2H])c(N(c2cccc3c2-c2ccccc2C3(C)C)c2cc3ccccc3c3ccccc23)c([2H])c([2H])c1-c1c(-c2ccccc2)c2ccccc2c2ccccc12. The number of hydrogen-bond donors (Lipinski definition) is 0. The van der Waals surface area contributed by atoms with Gasteiger partial charge in [0.2, 0.25) is 0 Å². The highest BCUT2D eigenvalue weighted by atomic mass is 15.1. The van der Waals surface area contributed by atoms with Crippen LogP contribution in [0.1, 0.15) is 30.5 Å². The molecule has 0 saturated heterocycles. The van der Waals surface area contributed by atoms with E-state index in [0.29, 0.717) is 5.56 Å². The minimum absolute atomic E-state index is 0.0907. The summed E-state index contributed by atoms with van der Waals surface area (Å²) in [4.78, 5) is 2.02. The lowest BCUT2D eigenvalue weighted by Gasteiger charge is -2.30. The van der Waals surface area contributed by atoms with E-state index in [0.717, 1.165) is 82.3 Å². The molecule has 0 saturated carbocycles. The van der Waals surface area contributed by atoms with E-state index in [-0.39, 0.29) is 40.8 Å². The molecule has 0 aliphatic heterocycles. The summed E-state index contributed by atoms with van der Waals surface area (Å²) >= 11 is 0. The number of hydrogen-bond acceptors (Lipinski definition) is 1. The van der Waals surface area contributed by atoms with E-state index in [2.05, 4.69) is 123 Å². The molecule has 1 heteroatoms. The van der Waals surface area contributed by atoms with Crippen molar-refractivity contribution < 1.29 is 5.48 Å². The fourth-order valence-electron chi connectivity index (χ4n) is 9.36. The Morgan fingerprint density at radius 1 is 0.393 bits per heavy atom. The van der Waals surface area contributed by atoms with E-state index < -0.39 is 0 Å². The van der Waals surface area contributed by atoms with Crippen molar-refractivity contribution in [1.82, 2.24) is 0 Å². The largest absolute Gasteiger partial charge is 0.309 e. The second-order valence-electron chi connectivity index (χ2n) is 15.3. The van der Waals surface area contributed by atoms with Crippen LogP contribution in [0.5, 0.6) is 0 Å². The molecular formula is C55H39N. The first-order valence-electron chi connectivity index (χ1n) is 21.3. The summed E-state index contributed by atoms with van der Waals surface area (Å²) in [6.07, 6.45) is 0. The maximum atomic E-state index is 10.2. The number of benzene rings is 10. The minimum atomic E-state index is -0.303. The van der Waals surface area contributed by atoms with E-state index >= 15 is 0 Å². The third kappa shape index (κ3) is 4.81. The highest BCUT2D eigenvalue weighted by molar-refractivity contribution is 6.22. The van der Waals surface area contributed by atoms with Crippen molar-refractivity contribution in [1.29, 1.82) is 0 Å². The van der Waals surface area contributed by atoms with Gasteiger partial charge < -0.3 is 4.90 Å². The Labute approximate surface area is 333 Å². The zero-order valence-corrected chi connectivity index (χ0v) is 31.2. The van der Waals surface area contributed by atoms with E-state index in [9.17, 15) is 5.48 Å². The highest BCUT2D eigenvalue weighted by Crippen LogP contribution is 2.55. The Balaban J connectivity index is 1.28. The lowest BCUT2D eigenvalue weighted by Crippen LogP contribution is -2.16. The zero-order valence-electron chi connectivity index (χ0n) is 35.2. The Kier molecular flexibility index (Phi) is 6.38. The van der Waals surface area contributed by atoms with Gasteiger partial charge in [0.15, 0.2) is 0 Å². The standard InChI is InChI=1S/C55H39N/c1-55(2)48-28-15-14-27-47(48)54-49(55)29-16-30-50(54)56(51-35-38-19-6-7-20-40(38)41-21-8-11-24-44(41)51)39-33-31-37(32-34-39)53-46-26-13-10-23-43(46)42-22-9-12-25-45(42)52(53)36-17-4-3-5-18-36/h3-35H,1-2H3/i31D,32D,33D,34D. The summed E-state index contributed by atoms with van der Waals surface area (Å²) in [5.41, 5.74) is 8.79. The van der Waals surface area contributed by atoms with Crippen molar-refractivity contribution in [2.75, 3.05) is 4.90 Å². The van der Waals surface area contributed by atoms with Crippen LogP contribution >= 0.6 is 0 Å². The molecule has 0 fully saturated rings. The molecule has 0 atom stereocenters.